The maximum Gasteiger partial charge on any atom is 0.256 e. The Morgan fingerprint density at radius 3 is 2.19 bits per heavy atom. The third-order valence-electron chi connectivity index (χ3n) is 6.14. The highest BCUT2D eigenvalue weighted by Crippen LogP contribution is 2.27. The fraction of sp³-hybridized carbons (Fsp3) is 0.417. The first kappa shape index (κ1) is 21.8. The Morgan fingerprint density at radius 1 is 0.839 bits per heavy atom. The summed E-state index contributed by atoms with van der Waals surface area (Å²) in [7, 11) is 0. The molecule has 0 N–H and O–H groups in total. The van der Waals surface area contributed by atoms with E-state index in [0.717, 1.165) is 31.5 Å². The summed E-state index contributed by atoms with van der Waals surface area (Å²) in [5.74, 6) is -0.802. The maximum absolute atomic E-state index is 14.1. The van der Waals surface area contributed by atoms with Crippen molar-refractivity contribution in [2.75, 3.05) is 39.3 Å². The van der Waals surface area contributed by atoms with E-state index in [1.807, 2.05) is 35.2 Å². The number of nitrogens with zero attached hydrogens (tertiary/aromatic N) is 3. The van der Waals surface area contributed by atoms with E-state index in [1.165, 1.54) is 24.6 Å². The van der Waals surface area contributed by atoms with E-state index in [1.54, 1.807) is 4.90 Å². The normalized spacial score (nSPS) is 18.6. The van der Waals surface area contributed by atoms with Gasteiger partial charge in [-0.05, 0) is 43.0 Å². The molecular weight excluding hydrogens is 417 g/mol. The molecule has 2 aliphatic heterocycles. The van der Waals surface area contributed by atoms with Crippen LogP contribution in [0.2, 0.25) is 5.02 Å². The number of benzene rings is 2. The molecule has 0 saturated carbocycles. The second kappa shape index (κ2) is 9.79. The molecule has 4 rings (SSSR count). The van der Waals surface area contributed by atoms with Gasteiger partial charge in [0.2, 0.25) is 5.91 Å². The molecule has 31 heavy (non-hydrogen) atoms. The van der Waals surface area contributed by atoms with Crippen molar-refractivity contribution in [3.05, 3.63) is 70.5 Å². The summed E-state index contributed by atoms with van der Waals surface area (Å²) in [6, 6.07) is 13.5. The van der Waals surface area contributed by atoms with Crippen molar-refractivity contribution < 1.29 is 14.0 Å². The molecule has 5 nitrogen and oxygen atoms in total. The van der Waals surface area contributed by atoms with Crippen molar-refractivity contribution in [3.63, 3.8) is 0 Å². The van der Waals surface area contributed by atoms with Crippen molar-refractivity contribution in [3.8, 4) is 0 Å². The predicted molar refractivity (Wildman–Crippen MR) is 119 cm³/mol. The lowest BCUT2D eigenvalue weighted by Crippen LogP contribution is -2.53. The zero-order valence-electron chi connectivity index (χ0n) is 17.5. The van der Waals surface area contributed by atoms with E-state index < -0.39 is 5.82 Å². The zero-order chi connectivity index (χ0) is 21.8. The molecule has 1 unspecified atom stereocenters. The van der Waals surface area contributed by atoms with Crippen LogP contribution in [-0.4, -0.2) is 65.8 Å². The molecular formula is C24H27ClFN3O2. The first-order chi connectivity index (χ1) is 15.0. The lowest BCUT2D eigenvalue weighted by molar-refractivity contribution is -0.138. The Balaban J connectivity index is 1.49. The first-order valence-electron chi connectivity index (χ1n) is 10.9. The molecule has 0 radical (unpaired) electrons. The molecule has 0 aliphatic carbocycles. The number of hydrogen-bond donors (Lipinski definition) is 0. The van der Waals surface area contributed by atoms with E-state index in [9.17, 15) is 14.0 Å². The molecule has 2 saturated heterocycles. The minimum Gasteiger partial charge on any atom is -0.341 e. The van der Waals surface area contributed by atoms with E-state index >= 15 is 0 Å². The smallest absolute Gasteiger partial charge is 0.256 e. The Morgan fingerprint density at radius 2 is 1.52 bits per heavy atom. The number of carbonyl (C=O) groups excluding carboxylic acids is 2. The number of amides is 2. The van der Waals surface area contributed by atoms with Crippen molar-refractivity contribution in [1.82, 2.24) is 14.7 Å². The van der Waals surface area contributed by atoms with Crippen LogP contribution in [0.3, 0.4) is 0 Å². The summed E-state index contributed by atoms with van der Waals surface area (Å²) in [6.45, 7) is 3.56. The average Bonchev–Trinajstić information content (AvgIpc) is 2.82. The molecule has 0 bridgehead atoms. The summed E-state index contributed by atoms with van der Waals surface area (Å²) in [4.78, 5) is 32.0. The van der Waals surface area contributed by atoms with Gasteiger partial charge in [0.15, 0.2) is 0 Å². The first-order valence-corrected chi connectivity index (χ1v) is 11.2. The van der Waals surface area contributed by atoms with Gasteiger partial charge in [-0.2, -0.15) is 0 Å². The Kier molecular flexibility index (Phi) is 6.88. The number of hydrogen-bond acceptors (Lipinski definition) is 3. The third-order valence-corrected chi connectivity index (χ3v) is 6.38. The number of carbonyl (C=O) groups is 2. The fourth-order valence-corrected chi connectivity index (χ4v) is 4.62. The number of piperazine rings is 1. The van der Waals surface area contributed by atoms with Crippen molar-refractivity contribution in [2.24, 2.45) is 0 Å². The van der Waals surface area contributed by atoms with Crippen LogP contribution in [0.4, 0.5) is 4.39 Å². The van der Waals surface area contributed by atoms with Crippen molar-refractivity contribution >= 4 is 23.4 Å². The second-order valence-corrected chi connectivity index (χ2v) is 8.59. The summed E-state index contributed by atoms with van der Waals surface area (Å²) in [5, 5.41) is 0.333. The van der Waals surface area contributed by atoms with E-state index in [2.05, 4.69) is 4.90 Å². The molecule has 2 aromatic carbocycles. The monoisotopic (exact) mass is 443 g/mol. The molecule has 7 heteroatoms. The largest absolute Gasteiger partial charge is 0.341 e. The highest BCUT2D eigenvalue weighted by molar-refractivity contribution is 6.31. The van der Waals surface area contributed by atoms with Gasteiger partial charge in [-0.25, -0.2) is 4.39 Å². The van der Waals surface area contributed by atoms with Gasteiger partial charge < -0.3 is 9.80 Å². The van der Waals surface area contributed by atoms with Gasteiger partial charge >= 0.3 is 0 Å². The Hall–Kier alpha value is -2.44. The van der Waals surface area contributed by atoms with Crippen LogP contribution in [0, 0.1) is 5.82 Å². The van der Waals surface area contributed by atoms with Gasteiger partial charge in [0.25, 0.3) is 5.91 Å². The Bertz CT molecular complexity index is 926. The van der Waals surface area contributed by atoms with Gasteiger partial charge in [-0.15, -0.1) is 0 Å². The zero-order valence-corrected chi connectivity index (χ0v) is 18.2. The summed E-state index contributed by atoms with van der Waals surface area (Å²) < 4.78 is 14.1. The van der Waals surface area contributed by atoms with Crippen LogP contribution in [0.25, 0.3) is 0 Å². The molecule has 2 aromatic rings. The number of likely N-dealkylation sites (tertiary alicyclic amines) is 1. The highest BCUT2D eigenvalue weighted by atomic mass is 35.5. The predicted octanol–water partition coefficient (Wildman–Crippen LogP) is 3.99. The number of piperidine rings is 1. The standard InChI is InChI=1S/C24H27ClFN3O2/c25-19-9-10-21(26)20(17-19)23(30)29-15-13-27(14-16-29)22(18-7-3-1-4-8-18)24(31)28-11-5-2-6-12-28/h1,3-4,7-10,17,22H,2,5-6,11-16H2. The molecule has 2 heterocycles. The summed E-state index contributed by atoms with van der Waals surface area (Å²) in [5.41, 5.74) is 0.962. The van der Waals surface area contributed by atoms with Crippen molar-refractivity contribution in [1.29, 1.82) is 0 Å². The van der Waals surface area contributed by atoms with Crippen LogP contribution in [0.5, 0.6) is 0 Å². The van der Waals surface area contributed by atoms with Crippen LogP contribution >= 0.6 is 11.6 Å². The quantitative estimate of drug-likeness (QED) is 0.717. The minimum atomic E-state index is -0.570. The van der Waals surface area contributed by atoms with E-state index in [4.69, 9.17) is 11.6 Å². The molecule has 2 amide bonds. The topological polar surface area (TPSA) is 43.9 Å². The van der Waals surface area contributed by atoms with Crippen LogP contribution in [0.15, 0.2) is 48.5 Å². The molecule has 0 aromatic heterocycles. The van der Waals surface area contributed by atoms with Gasteiger partial charge in [0.1, 0.15) is 11.9 Å². The molecule has 2 fully saturated rings. The van der Waals surface area contributed by atoms with Crippen molar-refractivity contribution in [2.45, 2.75) is 25.3 Å². The average molecular weight is 444 g/mol. The SMILES string of the molecule is O=C(c1cc(Cl)ccc1F)N1CCN(C(C(=O)N2CCCCC2)c2ccccc2)CC1. The van der Waals surface area contributed by atoms with Crippen LogP contribution in [-0.2, 0) is 4.79 Å². The highest BCUT2D eigenvalue weighted by Gasteiger charge is 2.35. The maximum atomic E-state index is 14.1. The fourth-order valence-electron chi connectivity index (χ4n) is 4.45. The summed E-state index contributed by atoms with van der Waals surface area (Å²) >= 11 is 5.95. The Labute approximate surface area is 187 Å². The summed E-state index contributed by atoms with van der Waals surface area (Å²) in [6.07, 6.45) is 3.25. The molecule has 0 spiro atoms. The van der Waals surface area contributed by atoms with Crippen LogP contribution < -0.4 is 0 Å². The molecule has 1 atom stereocenters. The number of rotatable bonds is 4. The third kappa shape index (κ3) is 4.91. The molecule has 2 aliphatic rings. The minimum absolute atomic E-state index is 0.00930. The van der Waals surface area contributed by atoms with Crippen LogP contribution in [0.1, 0.15) is 41.2 Å². The van der Waals surface area contributed by atoms with E-state index in [-0.39, 0.29) is 23.4 Å². The molecule has 164 valence electrons. The van der Waals surface area contributed by atoms with Gasteiger partial charge in [-0.1, -0.05) is 41.9 Å². The van der Waals surface area contributed by atoms with Gasteiger partial charge in [0, 0.05) is 44.3 Å². The van der Waals surface area contributed by atoms with Gasteiger partial charge in [0.05, 0.1) is 5.56 Å². The second-order valence-electron chi connectivity index (χ2n) is 8.15. The lowest BCUT2D eigenvalue weighted by Gasteiger charge is -2.41. The van der Waals surface area contributed by atoms with Gasteiger partial charge in [-0.3, -0.25) is 14.5 Å². The van der Waals surface area contributed by atoms with E-state index in [0.29, 0.717) is 31.2 Å². The lowest BCUT2D eigenvalue weighted by atomic mass is 10.0. The number of halogens is 2.